The van der Waals surface area contributed by atoms with Gasteiger partial charge < -0.3 is 4.90 Å². The maximum Gasteiger partial charge on any atom is 0.327 e. The number of carbonyl (C=O) groups excluding carboxylic acids is 3. The molecule has 22 heavy (non-hydrogen) atoms. The second-order valence-electron chi connectivity index (χ2n) is 5.85. The Morgan fingerprint density at radius 3 is 2.55 bits per heavy atom. The summed E-state index contributed by atoms with van der Waals surface area (Å²) < 4.78 is 0.517. The molecular weight excluding hydrogens is 324 g/mol. The zero-order chi connectivity index (χ0) is 15.9. The van der Waals surface area contributed by atoms with E-state index < -0.39 is 5.54 Å². The molecular formula is C15H17ClN2O3S. The summed E-state index contributed by atoms with van der Waals surface area (Å²) in [5.41, 5.74) is -0.733. The lowest BCUT2D eigenvalue weighted by molar-refractivity contribution is -0.134. The summed E-state index contributed by atoms with van der Waals surface area (Å²) in [5, 5.41) is 0. The van der Waals surface area contributed by atoms with Gasteiger partial charge in [-0.05, 0) is 25.0 Å². The van der Waals surface area contributed by atoms with Gasteiger partial charge in [0.1, 0.15) is 5.54 Å². The van der Waals surface area contributed by atoms with Gasteiger partial charge in [0, 0.05) is 7.05 Å². The van der Waals surface area contributed by atoms with Crippen molar-refractivity contribution in [2.24, 2.45) is 0 Å². The molecule has 1 saturated heterocycles. The van der Waals surface area contributed by atoms with Gasteiger partial charge in [-0.25, -0.2) is 4.79 Å². The lowest BCUT2D eigenvalue weighted by Gasteiger charge is -2.35. The zero-order valence-corrected chi connectivity index (χ0v) is 13.9. The third-order valence-corrected chi connectivity index (χ3v) is 5.91. The normalized spacial score (nSPS) is 21.0. The third-order valence-electron chi connectivity index (χ3n) is 4.63. The number of halogens is 1. The van der Waals surface area contributed by atoms with Crippen LogP contribution in [0.25, 0.3) is 0 Å². The molecule has 2 aliphatic rings. The van der Waals surface area contributed by atoms with Crippen LogP contribution in [0.1, 0.15) is 41.8 Å². The van der Waals surface area contributed by atoms with Crippen molar-refractivity contribution in [1.82, 2.24) is 9.80 Å². The molecule has 1 aromatic rings. The molecule has 3 amide bonds. The van der Waals surface area contributed by atoms with E-state index in [9.17, 15) is 14.4 Å². The summed E-state index contributed by atoms with van der Waals surface area (Å²) in [4.78, 5) is 40.6. The highest BCUT2D eigenvalue weighted by atomic mass is 35.5. The van der Waals surface area contributed by atoms with Gasteiger partial charge in [0.05, 0.1) is 15.8 Å². The molecule has 118 valence electrons. The van der Waals surface area contributed by atoms with Crippen molar-refractivity contribution in [1.29, 1.82) is 0 Å². The molecule has 7 heteroatoms. The predicted molar refractivity (Wildman–Crippen MR) is 84.3 cm³/mol. The van der Waals surface area contributed by atoms with E-state index in [2.05, 4.69) is 0 Å². The predicted octanol–water partition coefficient (Wildman–Crippen LogP) is 3.18. The van der Waals surface area contributed by atoms with Gasteiger partial charge in [-0.2, -0.15) is 0 Å². The Kier molecular flexibility index (Phi) is 3.99. The number of urea groups is 1. The molecule has 0 unspecified atom stereocenters. The number of thiophene rings is 1. The van der Waals surface area contributed by atoms with Crippen molar-refractivity contribution in [2.45, 2.75) is 37.6 Å². The maximum absolute atomic E-state index is 12.8. The fourth-order valence-corrected chi connectivity index (χ4v) is 4.33. The second kappa shape index (κ2) is 5.66. The smallest absolute Gasteiger partial charge is 0.313 e. The van der Waals surface area contributed by atoms with E-state index in [4.69, 9.17) is 11.6 Å². The number of rotatable bonds is 3. The standard InChI is InChI=1S/C15H17ClN2O3S/c1-17-14(21)18(9-10(19)11-5-6-12(16)22-11)13(20)15(17)7-3-2-4-8-15/h5-6H,2-4,7-9H2,1H3. The van der Waals surface area contributed by atoms with Crippen LogP contribution in [-0.2, 0) is 4.79 Å². The van der Waals surface area contributed by atoms with E-state index in [1.807, 2.05) is 0 Å². The van der Waals surface area contributed by atoms with E-state index in [1.54, 1.807) is 19.2 Å². The topological polar surface area (TPSA) is 57.7 Å². The molecule has 0 atom stereocenters. The van der Waals surface area contributed by atoms with Crippen molar-refractivity contribution in [3.8, 4) is 0 Å². The lowest BCUT2D eigenvalue weighted by atomic mass is 9.81. The number of Topliss-reactive ketones (excluding diaryl/α,β-unsaturated/α-hetero) is 1. The van der Waals surface area contributed by atoms with E-state index in [0.717, 1.165) is 35.5 Å². The van der Waals surface area contributed by atoms with Crippen molar-refractivity contribution in [2.75, 3.05) is 13.6 Å². The second-order valence-corrected chi connectivity index (χ2v) is 7.57. The van der Waals surface area contributed by atoms with Crippen LogP contribution in [0.5, 0.6) is 0 Å². The van der Waals surface area contributed by atoms with E-state index in [1.165, 1.54) is 4.90 Å². The minimum Gasteiger partial charge on any atom is -0.313 e. The number of nitrogens with zero attached hydrogens (tertiary/aromatic N) is 2. The molecule has 0 aromatic carbocycles. The molecule has 3 rings (SSSR count). The molecule has 1 aliphatic carbocycles. The minimum absolute atomic E-state index is 0.208. The quantitative estimate of drug-likeness (QED) is 0.627. The summed E-state index contributed by atoms with van der Waals surface area (Å²) in [6, 6.07) is 2.89. The molecule has 1 saturated carbocycles. The molecule has 2 fully saturated rings. The Bertz CT molecular complexity index is 636. The monoisotopic (exact) mass is 340 g/mol. The van der Waals surface area contributed by atoms with E-state index in [-0.39, 0.29) is 24.3 Å². The Labute approximate surface area is 137 Å². The highest BCUT2D eigenvalue weighted by Crippen LogP contribution is 2.39. The van der Waals surface area contributed by atoms with Gasteiger partial charge in [-0.3, -0.25) is 14.5 Å². The minimum atomic E-state index is -0.733. The first-order valence-electron chi connectivity index (χ1n) is 7.34. The Hall–Kier alpha value is -1.40. The fourth-order valence-electron chi connectivity index (χ4n) is 3.36. The number of hydrogen-bond acceptors (Lipinski definition) is 4. The summed E-state index contributed by atoms with van der Waals surface area (Å²) >= 11 is 6.99. The van der Waals surface area contributed by atoms with Gasteiger partial charge >= 0.3 is 6.03 Å². The number of carbonyl (C=O) groups is 3. The van der Waals surface area contributed by atoms with Crippen LogP contribution in [0.4, 0.5) is 4.79 Å². The number of amides is 3. The zero-order valence-electron chi connectivity index (χ0n) is 12.3. The van der Waals surface area contributed by atoms with Gasteiger partial charge in [0.15, 0.2) is 5.78 Å². The Morgan fingerprint density at radius 2 is 1.95 bits per heavy atom. The number of imide groups is 1. The molecule has 1 aromatic heterocycles. The van der Waals surface area contributed by atoms with E-state index >= 15 is 0 Å². The first kappa shape index (κ1) is 15.5. The first-order chi connectivity index (χ1) is 10.5. The fraction of sp³-hybridized carbons (Fsp3) is 0.533. The average molecular weight is 341 g/mol. The third kappa shape index (κ3) is 2.34. The van der Waals surface area contributed by atoms with Crippen molar-refractivity contribution in [3.63, 3.8) is 0 Å². The molecule has 5 nitrogen and oxygen atoms in total. The van der Waals surface area contributed by atoms with Gasteiger partial charge in [0.25, 0.3) is 5.91 Å². The van der Waals surface area contributed by atoms with Crippen molar-refractivity contribution < 1.29 is 14.4 Å². The van der Waals surface area contributed by atoms with Crippen LogP contribution < -0.4 is 0 Å². The van der Waals surface area contributed by atoms with Crippen molar-refractivity contribution in [3.05, 3.63) is 21.3 Å². The SMILES string of the molecule is CN1C(=O)N(CC(=O)c2ccc(Cl)s2)C(=O)C12CCCCC2. The first-order valence-corrected chi connectivity index (χ1v) is 8.53. The lowest BCUT2D eigenvalue weighted by Crippen LogP contribution is -2.49. The van der Waals surface area contributed by atoms with Crippen LogP contribution >= 0.6 is 22.9 Å². The molecule has 0 N–H and O–H groups in total. The largest absolute Gasteiger partial charge is 0.327 e. The molecule has 2 heterocycles. The summed E-state index contributed by atoms with van der Waals surface area (Å²) in [5.74, 6) is -0.476. The Morgan fingerprint density at radius 1 is 1.27 bits per heavy atom. The summed E-state index contributed by atoms with van der Waals surface area (Å²) in [6.45, 7) is -0.208. The van der Waals surface area contributed by atoms with Crippen LogP contribution in [0, 0.1) is 0 Å². The van der Waals surface area contributed by atoms with Gasteiger partial charge in [0.2, 0.25) is 0 Å². The van der Waals surface area contributed by atoms with Crippen LogP contribution in [0.2, 0.25) is 4.34 Å². The number of likely N-dealkylation sites (N-methyl/N-ethyl adjacent to an activating group) is 1. The van der Waals surface area contributed by atoms with Crippen LogP contribution in [-0.4, -0.2) is 46.7 Å². The van der Waals surface area contributed by atoms with Gasteiger partial charge in [-0.1, -0.05) is 30.9 Å². The van der Waals surface area contributed by atoms with Gasteiger partial charge in [-0.15, -0.1) is 11.3 Å². The average Bonchev–Trinajstić information content (AvgIpc) is 3.02. The summed E-state index contributed by atoms with van der Waals surface area (Å²) in [6.07, 6.45) is 4.33. The number of hydrogen-bond donors (Lipinski definition) is 0. The molecule has 0 bridgehead atoms. The number of ketones is 1. The molecule has 1 spiro atoms. The maximum atomic E-state index is 12.8. The van der Waals surface area contributed by atoms with Crippen LogP contribution in [0.15, 0.2) is 12.1 Å². The van der Waals surface area contributed by atoms with Crippen LogP contribution in [0.3, 0.4) is 0 Å². The van der Waals surface area contributed by atoms with E-state index in [0.29, 0.717) is 22.1 Å². The summed E-state index contributed by atoms with van der Waals surface area (Å²) in [7, 11) is 1.66. The van der Waals surface area contributed by atoms with Crippen molar-refractivity contribution >= 4 is 40.7 Å². The highest BCUT2D eigenvalue weighted by Gasteiger charge is 2.55. The molecule has 0 radical (unpaired) electrons. The Balaban J connectivity index is 1.81. The molecule has 1 aliphatic heterocycles. The highest BCUT2D eigenvalue weighted by molar-refractivity contribution is 7.18.